The van der Waals surface area contributed by atoms with Crippen LogP contribution in [0.2, 0.25) is 0 Å². The molecule has 2 N–H and O–H groups in total. The molecule has 0 aromatic heterocycles. The molecule has 51 heavy (non-hydrogen) atoms. The van der Waals surface area contributed by atoms with Gasteiger partial charge in [-0.2, -0.15) is 0 Å². The molecule has 0 saturated carbocycles. The molecule has 1 atom stereocenters. The fourth-order valence-corrected chi connectivity index (χ4v) is 15.5. The van der Waals surface area contributed by atoms with E-state index in [4.69, 9.17) is 37.7 Å². The molecule has 1 aliphatic heterocycles. The molecule has 6 aromatic rings. The summed E-state index contributed by atoms with van der Waals surface area (Å²) in [7, 11) is -9.63. The SMILES string of the molecule is NCCN1PN=P(Oc2ccccc2)(Oc2ccccc2)N(Oc2ccccc2)P1(Oc1ccccc1)(Oc1ccccc1)Oc1ccccc1. The Morgan fingerprint density at radius 1 is 0.490 bits per heavy atom. The Kier molecular flexibility index (Phi) is 10.5. The van der Waals surface area contributed by atoms with Crippen molar-refractivity contribution < 1.29 is 27.5 Å². The zero-order chi connectivity index (χ0) is 34.9. The molecule has 10 nitrogen and oxygen atoms in total. The van der Waals surface area contributed by atoms with Gasteiger partial charge < -0.3 is 0 Å². The molecule has 0 fully saturated rings. The van der Waals surface area contributed by atoms with Crippen molar-refractivity contribution >= 4 is 24.1 Å². The normalized spacial score (nSPS) is 17.5. The number of rotatable bonds is 14. The summed E-state index contributed by atoms with van der Waals surface area (Å²) in [6.45, 7) is 0.441. The van der Waals surface area contributed by atoms with E-state index in [9.17, 15) is 0 Å². The van der Waals surface area contributed by atoms with Crippen molar-refractivity contribution in [3.63, 3.8) is 0 Å². The van der Waals surface area contributed by atoms with Crippen LogP contribution in [0.3, 0.4) is 0 Å². The summed E-state index contributed by atoms with van der Waals surface area (Å²) in [5, 5.41) is 0. The van der Waals surface area contributed by atoms with Crippen LogP contribution in [0.25, 0.3) is 0 Å². The number of hydrogen-bond acceptors (Lipinski definition) is 10. The van der Waals surface area contributed by atoms with Crippen LogP contribution in [0, 0.1) is 0 Å². The Labute approximate surface area is 299 Å². The molecular weight excluding hydrogens is 701 g/mol. The van der Waals surface area contributed by atoms with Gasteiger partial charge in [-0.15, -0.1) is 0 Å². The molecule has 0 radical (unpaired) electrons. The summed E-state index contributed by atoms with van der Waals surface area (Å²) in [6, 6.07) is 56.0. The van der Waals surface area contributed by atoms with Crippen LogP contribution < -0.4 is 33.2 Å². The predicted molar refractivity (Wildman–Crippen MR) is 205 cm³/mol. The van der Waals surface area contributed by atoms with E-state index in [1.807, 2.05) is 186 Å². The zero-order valence-corrected chi connectivity index (χ0v) is 30.3. The van der Waals surface area contributed by atoms with Crippen molar-refractivity contribution in [1.82, 2.24) is 9.05 Å². The Morgan fingerprint density at radius 3 is 1.18 bits per heavy atom. The first-order chi connectivity index (χ1) is 25.1. The van der Waals surface area contributed by atoms with Crippen molar-refractivity contribution in [1.29, 1.82) is 0 Å². The van der Waals surface area contributed by atoms with Gasteiger partial charge in [0.15, 0.2) is 0 Å². The van der Waals surface area contributed by atoms with Gasteiger partial charge in [0.05, 0.1) is 0 Å². The maximum absolute atomic E-state index is 7.39. The van der Waals surface area contributed by atoms with Crippen LogP contribution in [0.4, 0.5) is 0 Å². The Bertz CT molecular complexity index is 1890. The van der Waals surface area contributed by atoms with E-state index in [0.717, 1.165) is 0 Å². The van der Waals surface area contributed by atoms with Gasteiger partial charge in [-0.05, 0) is 0 Å². The quantitative estimate of drug-likeness (QED) is 0.109. The van der Waals surface area contributed by atoms with Crippen molar-refractivity contribution in [2.24, 2.45) is 10.2 Å². The summed E-state index contributed by atoms with van der Waals surface area (Å²) in [6.07, 6.45) is 0. The van der Waals surface area contributed by atoms with E-state index in [1.54, 1.807) is 0 Å². The van der Waals surface area contributed by atoms with Crippen molar-refractivity contribution in [2.75, 3.05) is 13.1 Å². The first-order valence-corrected chi connectivity index (χ1v) is 20.6. The summed E-state index contributed by atoms with van der Waals surface area (Å²) in [5.74, 6) is 2.72. The van der Waals surface area contributed by atoms with Gasteiger partial charge in [-0.25, -0.2) is 0 Å². The first kappa shape index (κ1) is 34.5. The maximum atomic E-state index is 7.39. The molecule has 0 amide bonds. The third kappa shape index (κ3) is 7.44. The van der Waals surface area contributed by atoms with Crippen molar-refractivity contribution in [2.45, 2.75) is 0 Å². The van der Waals surface area contributed by atoms with Crippen molar-refractivity contribution in [3.8, 4) is 34.5 Å². The first-order valence-electron chi connectivity index (χ1n) is 16.3. The average molecular weight is 739 g/mol. The van der Waals surface area contributed by atoms with E-state index in [-0.39, 0.29) is 22.0 Å². The third-order valence-corrected chi connectivity index (χ3v) is 16.7. The summed E-state index contributed by atoms with van der Waals surface area (Å²) in [5.41, 5.74) is 6.39. The topological polar surface area (TPSA) is 100 Å². The summed E-state index contributed by atoms with van der Waals surface area (Å²) < 4.78 is 44.8. The Hall–Kier alpha value is -4.91. The molecule has 0 spiro atoms. The van der Waals surface area contributed by atoms with Crippen LogP contribution >= 0.6 is 24.1 Å². The molecule has 6 aromatic carbocycles. The molecule has 0 saturated heterocycles. The second kappa shape index (κ2) is 15.5. The molecule has 1 heterocycles. The average Bonchev–Trinajstić information content (AvgIpc) is 3.17. The molecular formula is C38H37N4O6P3. The standard InChI is InChI=1S/C38H37N4O6P3/c39-31-32-41-49-40-50(44-34-21-9-2-10-22-34,45-35-23-11-3-12-24-35)42(43-33-19-7-1-8-20-33)51(41,46-36-25-13-4-14-26-36,47-37-27-15-5-16-28-37)48-38-29-17-6-18-30-38/h1-30,49H,31-32,39H2. The minimum absolute atomic E-state index is 0.207. The molecule has 260 valence electrons. The van der Waals surface area contributed by atoms with Crippen LogP contribution in [-0.2, 0) is 0 Å². The molecule has 0 aliphatic carbocycles. The molecule has 13 heteroatoms. The van der Waals surface area contributed by atoms with Gasteiger partial charge >= 0.3 is 300 Å². The number of benzene rings is 6. The number of para-hydroxylation sites is 6. The van der Waals surface area contributed by atoms with E-state index < -0.39 is 15.2 Å². The fraction of sp³-hybridized carbons (Fsp3) is 0.0526. The summed E-state index contributed by atoms with van der Waals surface area (Å²) >= 11 is 0. The van der Waals surface area contributed by atoms with Crippen LogP contribution in [0.5, 0.6) is 34.5 Å². The van der Waals surface area contributed by atoms with E-state index in [0.29, 0.717) is 34.5 Å². The Balaban J connectivity index is 1.60. The molecule has 1 aliphatic rings. The molecule has 7 rings (SSSR count). The van der Waals surface area contributed by atoms with Crippen LogP contribution in [0.1, 0.15) is 0 Å². The molecule has 1 unspecified atom stereocenters. The molecule has 0 bridgehead atoms. The van der Waals surface area contributed by atoms with Gasteiger partial charge in [0.1, 0.15) is 0 Å². The zero-order valence-electron chi connectivity index (χ0n) is 27.5. The van der Waals surface area contributed by atoms with E-state index in [2.05, 4.69) is 0 Å². The fourth-order valence-electron chi connectivity index (χ4n) is 5.20. The predicted octanol–water partition coefficient (Wildman–Crippen LogP) is 10.5. The van der Waals surface area contributed by atoms with Crippen LogP contribution in [0.15, 0.2) is 187 Å². The second-order valence-electron chi connectivity index (χ2n) is 11.1. The Morgan fingerprint density at radius 2 is 0.824 bits per heavy atom. The van der Waals surface area contributed by atoms with E-state index in [1.165, 1.54) is 4.60 Å². The number of nitrogens with zero attached hydrogens (tertiary/aromatic N) is 3. The van der Waals surface area contributed by atoms with Gasteiger partial charge in [0.2, 0.25) is 0 Å². The van der Waals surface area contributed by atoms with Gasteiger partial charge in [0, 0.05) is 0 Å². The van der Waals surface area contributed by atoms with Crippen molar-refractivity contribution in [3.05, 3.63) is 182 Å². The number of nitrogens with two attached hydrogens (primary N) is 1. The second-order valence-corrected chi connectivity index (χ2v) is 18.0. The third-order valence-electron chi connectivity index (χ3n) is 7.41. The van der Waals surface area contributed by atoms with Gasteiger partial charge in [-0.1, -0.05) is 0 Å². The van der Waals surface area contributed by atoms with E-state index >= 15 is 0 Å². The summed E-state index contributed by atoms with van der Waals surface area (Å²) in [4.78, 5) is 7.07. The van der Waals surface area contributed by atoms with Gasteiger partial charge in [0.25, 0.3) is 0 Å². The monoisotopic (exact) mass is 738 g/mol. The van der Waals surface area contributed by atoms with Gasteiger partial charge in [-0.3, -0.25) is 0 Å². The number of hydrogen-bond donors (Lipinski definition) is 1. The van der Waals surface area contributed by atoms with Crippen LogP contribution in [-0.4, -0.2) is 22.1 Å². The minimum atomic E-state index is -5.33.